The fourth-order valence-electron chi connectivity index (χ4n) is 1.52. The lowest BCUT2D eigenvalue weighted by molar-refractivity contribution is -0.119. The van der Waals surface area contributed by atoms with Crippen LogP contribution in [-0.4, -0.2) is 32.9 Å². The fourth-order valence-corrected chi connectivity index (χ4v) is 2.26. The Morgan fingerprint density at radius 1 is 1.38 bits per heavy atom. The van der Waals surface area contributed by atoms with Gasteiger partial charge in [-0.1, -0.05) is 23.9 Å². The van der Waals surface area contributed by atoms with E-state index in [0.717, 1.165) is 0 Å². The molecule has 0 unspecified atom stereocenters. The third kappa shape index (κ3) is 4.28. The van der Waals surface area contributed by atoms with Gasteiger partial charge in [-0.3, -0.25) is 15.2 Å². The second-order valence-electron chi connectivity index (χ2n) is 3.96. The minimum absolute atomic E-state index is 0.0944. The molecular formula is C12H12FN5O2S. The highest BCUT2D eigenvalue weighted by Gasteiger charge is 2.11. The van der Waals surface area contributed by atoms with Crippen LogP contribution >= 0.6 is 11.8 Å². The molecule has 1 aromatic heterocycles. The van der Waals surface area contributed by atoms with Crippen molar-refractivity contribution in [2.45, 2.75) is 11.6 Å². The third-order valence-corrected chi connectivity index (χ3v) is 3.27. The van der Waals surface area contributed by atoms with Gasteiger partial charge in [0.1, 0.15) is 5.82 Å². The number of carbonyl (C=O) groups is 2. The van der Waals surface area contributed by atoms with E-state index in [-0.39, 0.29) is 6.42 Å². The summed E-state index contributed by atoms with van der Waals surface area (Å²) in [5, 5.41) is 8.91. The zero-order valence-electron chi connectivity index (χ0n) is 10.8. The van der Waals surface area contributed by atoms with Crippen molar-refractivity contribution in [3.63, 3.8) is 0 Å². The lowest BCUT2D eigenvalue weighted by Gasteiger charge is -1.98. The number of imide groups is 1. The van der Waals surface area contributed by atoms with E-state index in [9.17, 15) is 14.0 Å². The standard InChI is InChI=1S/C12H12FN5O2S/c13-8-4-2-1-3-7(8)10-16-12(18-17-10)21-6-5-9(19)15-11(14)20/h1-4H,5-6H2,(H,16,17,18)(H3,14,15,19,20). The molecule has 0 aliphatic heterocycles. The van der Waals surface area contributed by atoms with Crippen molar-refractivity contribution < 1.29 is 14.0 Å². The first-order chi connectivity index (χ1) is 10.1. The number of nitrogens with one attached hydrogen (secondary N) is 2. The lowest BCUT2D eigenvalue weighted by atomic mass is 10.2. The van der Waals surface area contributed by atoms with Crippen LogP contribution in [0.5, 0.6) is 0 Å². The van der Waals surface area contributed by atoms with Gasteiger partial charge in [0.2, 0.25) is 11.1 Å². The minimum atomic E-state index is -0.885. The second-order valence-corrected chi connectivity index (χ2v) is 5.02. The molecule has 1 heterocycles. The van der Waals surface area contributed by atoms with E-state index >= 15 is 0 Å². The van der Waals surface area contributed by atoms with Crippen LogP contribution in [0.3, 0.4) is 0 Å². The van der Waals surface area contributed by atoms with Crippen LogP contribution in [0.2, 0.25) is 0 Å². The predicted octanol–water partition coefficient (Wildman–Crippen LogP) is 1.29. The van der Waals surface area contributed by atoms with E-state index in [2.05, 4.69) is 15.2 Å². The maximum atomic E-state index is 13.6. The maximum Gasteiger partial charge on any atom is 0.318 e. The number of thioether (sulfide) groups is 1. The van der Waals surface area contributed by atoms with Gasteiger partial charge in [0.15, 0.2) is 5.82 Å². The predicted molar refractivity (Wildman–Crippen MR) is 74.8 cm³/mol. The van der Waals surface area contributed by atoms with Gasteiger partial charge >= 0.3 is 6.03 Å². The smallest absolute Gasteiger partial charge is 0.318 e. The molecule has 1 aromatic carbocycles. The van der Waals surface area contributed by atoms with Crippen LogP contribution in [-0.2, 0) is 4.79 Å². The summed E-state index contributed by atoms with van der Waals surface area (Å²) in [5.41, 5.74) is 5.14. The molecule has 2 aromatic rings. The fraction of sp³-hybridized carbons (Fsp3) is 0.167. The number of urea groups is 1. The topological polar surface area (TPSA) is 114 Å². The molecule has 21 heavy (non-hydrogen) atoms. The van der Waals surface area contributed by atoms with E-state index < -0.39 is 17.8 Å². The third-order valence-electron chi connectivity index (χ3n) is 2.42. The summed E-state index contributed by atoms with van der Waals surface area (Å²) >= 11 is 1.21. The molecule has 0 saturated carbocycles. The highest BCUT2D eigenvalue weighted by molar-refractivity contribution is 7.99. The number of amides is 3. The number of halogens is 1. The summed E-state index contributed by atoms with van der Waals surface area (Å²) in [6.07, 6.45) is 0.0944. The average Bonchev–Trinajstić information content (AvgIpc) is 2.87. The Morgan fingerprint density at radius 2 is 2.14 bits per heavy atom. The Hall–Kier alpha value is -2.42. The molecule has 4 N–H and O–H groups in total. The molecule has 0 saturated heterocycles. The van der Waals surface area contributed by atoms with Gasteiger partial charge < -0.3 is 5.73 Å². The number of primary amides is 1. The van der Waals surface area contributed by atoms with Crippen molar-refractivity contribution in [3.05, 3.63) is 30.1 Å². The highest BCUT2D eigenvalue weighted by atomic mass is 32.2. The summed E-state index contributed by atoms with van der Waals surface area (Å²) in [5.74, 6) is -0.184. The van der Waals surface area contributed by atoms with Gasteiger partial charge in [-0.15, -0.1) is 5.10 Å². The molecule has 0 radical (unpaired) electrons. The molecule has 110 valence electrons. The molecule has 9 heteroatoms. The average molecular weight is 309 g/mol. The van der Waals surface area contributed by atoms with E-state index in [1.165, 1.54) is 17.8 Å². The van der Waals surface area contributed by atoms with Gasteiger partial charge in [-0.2, -0.15) is 0 Å². The number of carbonyl (C=O) groups excluding carboxylic acids is 2. The van der Waals surface area contributed by atoms with Crippen LogP contribution in [0.4, 0.5) is 9.18 Å². The Bertz CT molecular complexity index is 661. The Kier molecular flexibility index (Phi) is 4.88. The first kappa shape index (κ1) is 15.0. The molecule has 0 aliphatic rings. The molecule has 0 fully saturated rings. The Labute approximate surface area is 123 Å². The number of aromatic amines is 1. The first-order valence-corrected chi connectivity index (χ1v) is 6.94. The number of benzene rings is 1. The van der Waals surface area contributed by atoms with E-state index in [1.54, 1.807) is 18.2 Å². The second kappa shape index (κ2) is 6.84. The van der Waals surface area contributed by atoms with Gasteiger partial charge in [0.05, 0.1) is 5.56 Å². The highest BCUT2D eigenvalue weighted by Crippen LogP contribution is 2.21. The number of aromatic nitrogens is 3. The lowest BCUT2D eigenvalue weighted by Crippen LogP contribution is -2.35. The van der Waals surface area contributed by atoms with Crippen molar-refractivity contribution >= 4 is 23.7 Å². The van der Waals surface area contributed by atoms with Crippen LogP contribution < -0.4 is 11.1 Å². The number of nitrogens with two attached hydrogens (primary N) is 1. The monoisotopic (exact) mass is 309 g/mol. The molecule has 0 spiro atoms. The van der Waals surface area contributed by atoms with Gasteiger partial charge in [-0.25, -0.2) is 14.2 Å². The SMILES string of the molecule is NC(=O)NC(=O)CCSc1n[nH]c(-c2ccccc2F)n1. The largest absolute Gasteiger partial charge is 0.351 e. The van der Waals surface area contributed by atoms with Crippen molar-refractivity contribution in [3.8, 4) is 11.4 Å². The van der Waals surface area contributed by atoms with Gasteiger partial charge in [0.25, 0.3) is 0 Å². The van der Waals surface area contributed by atoms with Crippen LogP contribution in [0, 0.1) is 5.82 Å². The number of hydrogen-bond acceptors (Lipinski definition) is 5. The van der Waals surface area contributed by atoms with Crippen molar-refractivity contribution in [1.82, 2.24) is 20.5 Å². The number of hydrogen-bond donors (Lipinski definition) is 3. The normalized spacial score (nSPS) is 10.3. The Balaban J connectivity index is 1.91. The summed E-state index contributed by atoms with van der Waals surface area (Å²) in [4.78, 5) is 25.8. The van der Waals surface area contributed by atoms with Gasteiger partial charge in [0, 0.05) is 12.2 Å². The van der Waals surface area contributed by atoms with Crippen molar-refractivity contribution in [1.29, 1.82) is 0 Å². The molecule has 0 aliphatic carbocycles. The maximum absolute atomic E-state index is 13.6. The van der Waals surface area contributed by atoms with Gasteiger partial charge in [-0.05, 0) is 12.1 Å². The molecule has 2 rings (SSSR count). The zero-order chi connectivity index (χ0) is 15.2. The molecular weight excluding hydrogens is 297 g/mol. The molecule has 0 bridgehead atoms. The number of H-pyrrole nitrogens is 1. The van der Waals surface area contributed by atoms with E-state index in [4.69, 9.17) is 5.73 Å². The zero-order valence-corrected chi connectivity index (χ0v) is 11.6. The molecule has 0 atom stereocenters. The molecule has 7 nitrogen and oxygen atoms in total. The summed E-state index contributed by atoms with van der Waals surface area (Å²) in [6, 6.07) is 5.32. The van der Waals surface area contributed by atoms with Crippen LogP contribution in [0.1, 0.15) is 6.42 Å². The van der Waals surface area contributed by atoms with Crippen molar-refractivity contribution in [2.75, 3.05) is 5.75 Å². The quantitative estimate of drug-likeness (QED) is 0.720. The van der Waals surface area contributed by atoms with Crippen LogP contribution in [0.25, 0.3) is 11.4 Å². The van der Waals surface area contributed by atoms with Crippen LogP contribution in [0.15, 0.2) is 29.4 Å². The van der Waals surface area contributed by atoms with E-state index in [1.807, 2.05) is 5.32 Å². The first-order valence-electron chi connectivity index (χ1n) is 5.95. The summed E-state index contributed by atoms with van der Waals surface area (Å²) in [7, 11) is 0. The minimum Gasteiger partial charge on any atom is -0.351 e. The van der Waals surface area contributed by atoms with Crippen molar-refractivity contribution in [2.24, 2.45) is 5.73 Å². The molecule has 3 amide bonds. The van der Waals surface area contributed by atoms with E-state index in [0.29, 0.717) is 22.3 Å². The summed E-state index contributed by atoms with van der Waals surface area (Å²) in [6.45, 7) is 0. The number of nitrogens with zero attached hydrogens (tertiary/aromatic N) is 2. The summed E-state index contributed by atoms with van der Waals surface area (Å²) < 4.78 is 13.6. The Morgan fingerprint density at radius 3 is 2.86 bits per heavy atom. The number of rotatable bonds is 5.